The third-order valence-electron chi connectivity index (χ3n) is 2.06. The number of carbonyl (C=O) groups is 2. The van der Waals surface area contributed by atoms with Crippen LogP contribution < -0.4 is 5.73 Å². The van der Waals surface area contributed by atoms with Gasteiger partial charge in [-0.15, -0.1) is 0 Å². The summed E-state index contributed by atoms with van der Waals surface area (Å²) in [4.78, 5) is 21.8. The molecule has 0 aliphatic carbocycles. The molecule has 0 saturated heterocycles. The molecule has 0 heterocycles. The minimum Gasteiger partial charge on any atom is -0.507 e. The second kappa shape index (κ2) is 5.69. The first-order chi connectivity index (χ1) is 8.04. The van der Waals surface area contributed by atoms with Crippen molar-refractivity contribution in [3.05, 3.63) is 35.4 Å². The highest BCUT2D eigenvalue weighted by atomic mass is 16.5. The van der Waals surface area contributed by atoms with E-state index in [4.69, 9.17) is 5.73 Å². The first-order valence-electron chi connectivity index (χ1n) is 4.90. The second-order valence-corrected chi connectivity index (χ2v) is 3.34. The van der Waals surface area contributed by atoms with Gasteiger partial charge in [-0.2, -0.15) is 0 Å². The molecule has 0 aliphatic heterocycles. The van der Waals surface area contributed by atoms with Gasteiger partial charge in [0.05, 0.1) is 7.11 Å². The molecule has 0 bridgehead atoms. The predicted octanol–water partition coefficient (Wildman–Crippen LogP) is 1.07. The quantitative estimate of drug-likeness (QED) is 0.764. The molecule has 0 atom stereocenters. The molecule has 3 N–H and O–H groups in total. The Morgan fingerprint density at radius 3 is 2.76 bits per heavy atom. The Bertz CT molecular complexity index is 466. The first-order valence-corrected chi connectivity index (χ1v) is 4.90. The van der Waals surface area contributed by atoms with Crippen molar-refractivity contribution in [1.82, 2.24) is 0 Å². The molecule has 1 aromatic carbocycles. The molecule has 0 aromatic heterocycles. The lowest BCUT2D eigenvalue weighted by Gasteiger charge is -2.03. The number of carbonyl (C=O) groups excluding carboxylic acids is 2. The summed E-state index contributed by atoms with van der Waals surface area (Å²) in [5.74, 6) is -1.20. The molecule has 1 aromatic rings. The van der Waals surface area contributed by atoms with Crippen molar-refractivity contribution in [3.8, 4) is 5.75 Å². The number of methoxy groups -OCH3 is 1. The normalized spacial score (nSPS) is 10.4. The van der Waals surface area contributed by atoms with Crippen LogP contribution in [0.25, 0.3) is 6.08 Å². The van der Waals surface area contributed by atoms with Crippen molar-refractivity contribution in [1.29, 1.82) is 0 Å². The van der Waals surface area contributed by atoms with Crippen LogP contribution in [0.1, 0.15) is 22.3 Å². The monoisotopic (exact) mass is 235 g/mol. The molecule has 1 rings (SSSR count). The number of amides is 1. The van der Waals surface area contributed by atoms with Gasteiger partial charge in [-0.1, -0.05) is 18.2 Å². The summed E-state index contributed by atoms with van der Waals surface area (Å²) < 4.78 is 4.52. The number of phenols is 1. The zero-order valence-corrected chi connectivity index (χ0v) is 9.34. The van der Waals surface area contributed by atoms with Gasteiger partial charge in [-0.05, 0) is 17.7 Å². The molecule has 0 unspecified atom stereocenters. The highest BCUT2D eigenvalue weighted by molar-refractivity contribution is 5.93. The predicted molar refractivity (Wildman–Crippen MR) is 62.3 cm³/mol. The van der Waals surface area contributed by atoms with E-state index in [0.717, 1.165) is 0 Å². The van der Waals surface area contributed by atoms with Gasteiger partial charge >= 0.3 is 5.97 Å². The molecule has 0 fully saturated rings. The molecule has 5 heteroatoms. The number of hydrogen-bond donors (Lipinski definition) is 2. The van der Waals surface area contributed by atoms with Gasteiger partial charge in [0.2, 0.25) is 5.91 Å². The summed E-state index contributed by atoms with van der Waals surface area (Å²) in [6, 6.07) is 4.47. The van der Waals surface area contributed by atoms with Crippen LogP contribution in [0.2, 0.25) is 0 Å². The number of ether oxygens (including phenoxy) is 1. The van der Waals surface area contributed by atoms with Crippen LogP contribution in [0, 0.1) is 0 Å². The number of nitrogens with two attached hydrogens (primary N) is 1. The molecule has 90 valence electrons. The smallest absolute Gasteiger partial charge is 0.341 e. The van der Waals surface area contributed by atoms with Gasteiger partial charge in [0, 0.05) is 6.42 Å². The zero-order valence-electron chi connectivity index (χ0n) is 9.34. The largest absolute Gasteiger partial charge is 0.507 e. The number of esters is 1. The molecule has 0 saturated carbocycles. The summed E-state index contributed by atoms with van der Waals surface area (Å²) in [7, 11) is 1.23. The Balaban J connectivity index is 2.92. The van der Waals surface area contributed by atoms with E-state index < -0.39 is 11.9 Å². The molecule has 17 heavy (non-hydrogen) atoms. The fourth-order valence-electron chi connectivity index (χ4n) is 1.24. The Morgan fingerprint density at radius 2 is 2.18 bits per heavy atom. The number of phenolic OH excluding ortho intramolecular Hbond substituents is 1. The van der Waals surface area contributed by atoms with Crippen molar-refractivity contribution in [3.63, 3.8) is 0 Å². The average molecular weight is 235 g/mol. The van der Waals surface area contributed by atoms with Crippen LogP contribution in [0.5, 0.6) is 5.75 Å². The highest BCUT2D eigenvalue weighted by Gasteiger charge is 2.10. The maximum Gasteiger partial charge on any atom is 0.341 e. The SMILES string of the molecule is COC(=O)c1cc(C=CCC(N)=O)ccc1O. The Morgan fingerprint density at radius 1 is 1.47 bits per heavy atom. The number of aromatic hydroxyl groups is 1. The van der Waals surface area contributed by atoms with Crippen molar-refractivity contribution >= 4 is 18.0 Å². The van der Waals surface area contributed by atoms with Crippen LogP contribution in [0.3, 0.4) is 0 Å². The third kappa shape index (κ3) is 3.64. The van der Waals surface area contributed by atoms with E-state index in [2.05, 4.69) is 4.74 Å². The van der Waals surface area contributed by atoms with Gasteiger partial charge in [-0.25, -0.2) is 4.79 Å². The summed E-state index contributed by atoms with van der Waals surface area (Å²) in [5, 5.41) is 9.45. The van der Waals surface area contributed by atoms with Gasteiger partial charge in [-0.3, -0.25) is 4.79 Å². The fourth-order valence-corrected chi connectivity index (χ4v) is 1.24. The van der Waals surface area contributed by atoms with E-state index in [9.17, 15) is 14.7 Å². The summed E-state index contributed by atoms with van der Waals surface area (Å²) in [5.41, 5.74) is 5.72. The molecule has 1 amide bonds. The fraction of sp³-hybridized carbons (Fsp3) is 0.167. The van der Waals surface area contributed by atoms with Crippen LogP contribution >= 0.6 is 0 Å². The van der Waals surface area contributed by atoms with Crippen LogP contribution in [0.4, 0.5) is 0 Å². The summed E-state index contributed by atoms with van der Waals surface area (Å²) in [6.45, 7) is 0. The number of primary amides is 1. The molecule has 0 spiro atoms. The minimum absolute atomic E-state index is 0.0775. The Labute approximate surface area is 98.5 Å². The molecular formula is C12H13NO4. The van der Waals surface area contributed by atoms with Gasteiger partial charge in [0.1, 0.15) is 11.3 Å². The lowest BCUT2D eigenvalue weighted by Crippen LogP contribution is -2.07. The molecule has 5 nitrogen and oxygen atoms in total. The number of hydrogen-bond acceptors (Lipinski definition) is 4. The summed E-state index contributed by atoms with van der Waals surface area (Å²) in [6.07, 6.45) is 3.33. The van der Waals surface area contributed by atoms with E-state index in [1.807, 2.05) is 0 Å². The maximum absolute atomic E-state index is 11.3. The van der Waals surface area contributed by atoms with Crippen molar-refractivity contribution in [2.75, 3.05) is 7.11 Å². The van der Waals surface area contributed by atoms with Crippen molar-refractivity contribution in [2.24, 2.45) is 5.73 Å². The van der Waals surface area contributed by atoms with Crippen molar-refractivity contribution < 1.29 is 19.4 Å². The Kier molecular flexibility index (Phi) is 4.28. The molecular weight excluding hydrogens is 222 g/mol. The first kappa shape index (κ1) is 12.8. The minimum atomic E-state index is -0.618. The highest BCUT2D eigenvalue weighted by Crippen LogP contribution is 2.20. The topological polar surface area (TPSA) is 89.6 Å². The van der Waals surface area contributed by atoms with Crippen LogP contribution in [-0.2, 0) is 9.53 Å². The van der Waals surface area contributed by atoms with Crippen LogP contribution in [-0.4, -0.2) is 24.1 Å². The molecule has 0 radical (unpaired) electrons. The number of rotatable bonds is 4. The second-order valence-electron chi connectivity index (χ2n) is 3.34. The van der Waals surface area contributed by atoms with Gasteiger partial charge < -0.3 is 15.6 Å². The lowest BCUT2D eigenvalue weighted by atomic mass is 10.1. The van der Waals surface area contributed by atoms with Gasteiger partial charge in [0.25, 0.3) is 0 Å². The standard InChI is InChI=1S/C12H13NO4/c1-17-12(16)9-7-8(5-6-10(9)14)3-2-4-11(13)15/h2-3,5-7,14H,4H2,1H3,(H2,13,15). The molecule has 0 aliphatic rings. The maximum atomic E-state index is 11.3. The lowest BCUT2D eigenvalue weighted by molar-refractivity contribution is -0.117. The van der Waals surface area contributed by atoms with E-state index in [0.29, 0.717) is 5.56 Å². The third-order valence-corrected chi connectivity index (χ3v) is 2.06. The van der Waals surface area contributed by atoms with E-state index in [-0.39, 0.29) is 17.7 Å². The van der Waals surface area contributed by atoms with Gasteiger partial charge in [0.15, 0.2) is 0 Å². The Hall–Kier alpha value is -2.30. The van der Waals surface area contributed by atoms with Crippen LogP contribution in [0.15, 0.2) is 24.3 Å². The van der Waals surface area contributed by atoms with Crippen molar-refractivity contribution in [2.45, 2.75) is 6.42 Å². The summed E-state index contributed by atoms with van der Waals surface area (Å²) >= 11 is 0. The van der Waals surface area contributed by atoms with E-state index in [1.165, 1.54) is 19.2 Å². The zero-order chi connectivity index (χ0) is 12.8. The van der Waals surface area contributed by atoms with E-state index in [1.54, 1.807) is 18.2 Å². The van der Waals surface area contributed by atoms with E-state index >= 15 is 0 Å². The average Bonchev–Trinajstić information content (AvgIpc) is 2.30. The number of benzene rings is 1.